The number of nitrogens with zero attached hydrogens (tertiary/aromatic N) is 2. The number of aromatic nitrogens is 1. The normalized spacial score (nSPS) is 15.4. The highest BCUT2D eigenvalue weighted by Crippen LogP contribution is 2.40. The molecule has 1 N–H and O–H groups in total. The molecule has 1 aromatic heterocycles. The van der Waals surface area contributed by atoms with Crippen molar-refractivity contribution >= 4 is 59.8 Å². The molecule has 0 radical (unpaired) electrons. The Bertz CT molecular complexity index is 1860. The zero-order valence-electron chi connectivity index (χ0n) is 33.2. The maximum atomic E-state index is 13.9. The van der Waals surface area contributed by atoms with Crippen molar-refractivity contribution in [1.29, 1.82) is 0 Å². The van der Waals surface area contributed by atoms with Crippen LogP contribution >= 0.6 is 11.3 Å². The number of hydrogen-bond acceptors (Lipinski definition) is 6. The molecule has 1 amide bonds. The van der Waals surface area contributed by atoms with Gasteiger partial charge in [0, 0.05) is 18.5 Å². The van der Waals surface area contributed by atoms with E-state index in [2.05, 4.69) is 187 Å². The average molecular weight is 776 g/mol. The van der Waals surface area contributed by atoms with E-state index in [9.17, 15) is 4.79 Å². The number of anilines is 1. The fraction of sp³-hybridized carbons (Fsp3) is 0.378. The highest BCUT2D eigenvalue weighted by atomic mass is 32.1. The van der Waals surface area contributed by atoms with Crippen molar-refractivity contribution in [3.8, 4) is 0 Å². The van der Waals surface area contributed by atoms with Gasteiger partial charge in [-0.25, -0.2) is 4.98 Å². The van der Waals surface area contributed by atoms with Crippen LogP contribution in [0.1, 0.15) is 72.3 Å². The molecule has 0 aliphatic carbocycles. The minimum absolute atomic E-state index is 0.0610. The standard InChI is InChI=1S/C45H57N3O3SSi2/c1-9-34(2)40(32-50-53(44(3,4)5,36-22-14-10-15-23-36)37-24-16-11-17-25-37)46-42(49)41-33-52-43(47-41)48-30-35(31-48)51-54(45(6,7)8,38-26-18-12-19-27-38)39-28-20-13-21-29-39/h10-29,33-35,40H,9,30-32H2,1-8H3,(H,46,49)/t34-,40+/m0/s1. The van der Waals surface area contributed by atoms with Gasteiger partial charge in [-0.15, -0.1) is 11.3 Å². The van der Waals surface area contributed by atoms with E-state index in [-0.39, 0.29) is 34.0 Å². The first-order valence-corrected chi connectivity index (χ1v) is 24.0. The van der Waals surface area contributed by atoms with Crippen LogP contribution in [0.5, 0.6) is 0 Å². The number of carbonyl (C=O) groups is 1. The largest absolute Gasteiger partial charge is 0.405 e. The Morgan fingerprint density at radius 1 is 0.759 bits per heavy atom. The molecule has 0 saturated carbocycles. The predicted molar refractivity (Wildman–Crippen MR) is 231 cm³/mol. The van der Waals surface area contributed by atoms with Crippen LogP contribution in [0.15, 0.2) is 127 Å². The molecule has 5 aromatic rings. The summed E-state index contributed by atoms with van der Waals surface area (Å²) in [6.07, 6.45) is 0.976. The average Bonchev–Trinajstić information content (AvgIpc) is 3.64. The zero-order valence-corrected chi connectivity index (χ0v) is 36.0. The number of rotatable bonds is 14. The Labute approximate surface area is 329 Å². The molecular weight excluding hydrogens is 719 g/mol. The van der Waals surface area contributed by atoms with Gasteiger partial charge < -0.3 is 19.1 Å². The van der Waals surface area contributed by atoms with Crippen LogP contribution in [0.25, 0.3) is 0 Å². The van der Waals surface area contributed by atoms with Crippen molar-refractivity contribution in [3.63, 3.8) is 0 Å². The third kappa shape index (κ3) is 7.93. The maximum absolute atomic E-state index is 13.9. The van der Waals surface area contributed by atoms with Crippen molar-refractivity contribution in [1.82, 2.24) is 10.3 Å². The molecule has 1 saturated heterocycles. The lowest BCUT2D eigenvalue weighted by Gasteiger charge is -2.49. The summed E-state index contributed by atoms with van der Waals surface area (Å²) in [6, 6.07) is 42.8. The van der Waals surface area contributed by atoms with Gasteiger partial charge >= 0.3 is 0 Å². The third-order valence-corrected chi connectivity index (χ3v) is 22.1. The van der Waals surface area contributed by atoms with Crippen LogP contribution in [0.4, 0.5) is 5.13 Å². The fourth-order valence-electron chi connectivity index (χ4n) is 7.98. The number of amides is 1. The van der Waals surface area contributed by atoms with Crippen LogP contribution < -0.4 is 31.0 Å². The van der Waals surface area contributed by atoms with Gasteiger partial charge in [0.2, 0.25) is 0 Å². The zero-order chi connectivity index (χ0) is 38.6. The van der Waals surface area contributed by atoms with Crippen molar-refractivity contribution in [2.75, 3.05) is 24.6 Å². The maximum Gasteiger partial charge on any atom is 0.271 e. The van der Waals surface area contributed by atoms with Gasteiger partial charge in [0.1, 0.15) is 5.69 Å². The molecular formula is C45H57N3O3SSi2. The number of benzene rings is 4. The SMILES string of the molecule is CC[C@H](C)[C@@H](CO[Si](c1ccccc1)(c1ccccc1)C(C)(C)C)NC(=O)c1csc(N2CC(O[Si](c3ccccc3)(c3ccccc3)C(C)(C)C)C2)n1. The Balaban J connectivity index is 1.17. The Hall–Kier alpha value is -3.87. The second-order valence-corrected chi connectivity index (χ2v) is 26.2. The van der Waals surface area contributed by atoms with E-state index in [1.807, 2.05) is 5.38 Å². The Kier molecular flexibility index (Phi) is 12.1. The molecule has 1 aliphatic heterocycles. The monoisotopic (exact) mass is 775 g/mol. The minimum Gasteiger partial charge on any atom is -0.405 e. The smallest absolute Gasteiger partial charge is 0.271 e. The predicted octanol–water partition coefficient (Wildman–Crippen LogP) is 7.63. The second kappa shape index (κ2) is 16.5. The summed E-state index contributed by atoms with van der Waals surface area (Å²) in [5, 5.41) is 10.9. The molecule has 9 heteroatoms. The first-order chi connectivity index (χ1) is 25.8. The van der Waals surface area contributed by atoms with Crippen LogP contribution in [0.2, 0.25) is 10.1 Å². The van der Waals surface area contributed by atoms with Gasteiger partial charge in [-0.05, 0) is 36.7 Å². The number of carbonyl (C=O) groups excluding carboxylic acids is 1. The van der Waals surface area contributed by atoms with E-state index in [1.165, 1.54) is 32.1 Å². The molecule has 0 bridgehead atoms. The molecule has 54 heavy (non-hydrogen) atoms. The van der Waals surface area contributed by atoms with E-state index < -0.39 is 16.6 Å². The van der Waals surface area contributed by atoms with E-state index in [1.54, 1.807) is 0 Å². The quantitative estimate of drug-likeness (QED) is 0.118. The molecule has 6 nitrogen and oxygen atoms in total. The molecule has 0 spiro atoms. The molecule has 0 unspecified atom stereocenters. The van der Waals surface area contributed by atoms with Crippen molar-refractivity contribution in [3.05, 3.63) is 132 Å². The van der Waals surface area contributed by atoms with Crippen LogP contribution in [0, 0.1) is 5.92 Å². The highest BCUT2D eigenvalue weighted by Gasteiger charge is 2.53. The molecule has 1 aliphatic rings. The van der Waals surface area contributed by atoms with Gasteiger partial charge in [-0.2, -0.15) is 0 Å². The highest BCUT2D eigenvalue weighted by molar-refractivity contribution is 7.14. The van der Waals surface area contributed by atoms with Crippen molar-refractivity contribution < 1.29 is 13.6 Å². The summed E-state index contributed by atoms with van der Waals surface area (Å²) < 4.78 is 14.6. The van der Waals surface area contributed by atoms with Gasteiger partial charge in [-0.1, -0.05) is 183 Å². The van der Waals surface area contributed by atoms with Crippen LogP contribution in [-0.4, -0.2) is 59.4 Å². The molecule has 1 fully saturated rings. The summed E-state index contributed by atoms with van der Waals surface area (Å²) in [5.74, 6) is 0.0505. The van der Waals surface area contributed by atoms with Gasteiger partial charge in [-0.3, -0.25) is 4.79 Å². The number of thiazole rings is 1. The number of hydrogen-bond donors (Lipinski definition) is 1. The Morgan fingerprint density at radius 2 is 1.19 bits per heavy atom. The lowest BCUT2D eigenvalue weighted by atomic mass is 10.00. The second-order valence-electron chi connectivity index (χ2n) is 16.8. The summed E-state index contributed by atoms with van der Waals surface area (Å²) in [6.45, 7) is 20.0. The molecule has 4 aromatic carbocycles. The lowest BCUT2D eigenvalue weighted by molar-refractivity contribution is 0.0892. The van der Waals surface area contributed by atoms with E-state index in [0.717, 1.165) is 24.6 Å². The first kappa shape index (κ1) is 39.8. The molecule has 2 atom stereocenters. The lowest BCUT2D eigenvalue weighted by Crippen LogP contribution is -2.70. The van der Waals surface area contributed by atoms with E-state index >= 15 is 0 Å². The van der Waals surface area contributed by atoms with E-state index in [0.29, 0.717) is 12.3 Å². The van der Waals surface area contributed by atoms with Crippen molar-refractivity contribution in [2.45, 2.75) is 84.0 Å². The summed E-state index contributed by atoms with van der Waals surface area (Å²) >= 11 is 1.52. The topological polar surface area (TPSA) is 63.7 Å². The number of nitrogens with one attached hydrogen (secondary N) is 1. The summed E-state index contributed by atoms with van der Waals surface area (Å²) in [7, 11) is -5.42. The summed E-state index contributed by atoms with van der Waals surface area (Å²) in [4.78, 5) is 21.0. The van der Waals surface area contributed by atoms with E-state index in [4.69, 9.17) is 13.8 Å². The third-order valence-electron chi connectivity index (χ3n) is 11.1. The van der Waals surface area contributed by atoms with Crippen molar-refractivity contribution in [2.24, 2.45) is 5.92 Å². The van der Waals surface area contributed by atoms with Gasteiger partial charge in [0.25, 0.3) is 22.5 Å². The molecule has 284 valence electrons. The first-order valence-electron chi connectivity index (χ1n) is 19.4. The summed E-state index contributed by atoms with van der Waals surface area (Å²) in [5.41, 5.74) is 0.449. The molecule has 2 heterocycles. The minimum atomic E-state index is -2.77. The van der Waals surface area contributed by atoms with Crippen LogP contribution in [0.3, 0.4) is 0 Å². The molecule has 6 rings (SSSR count). The fourth-order valence-corrected chi connectivity index (χ4v) is 18.1. The van der Waals surface area contributed by atoms with Gasteiger partial charge in [0.05, 0.1) is 18.8 Å². The van der Waals surface area contributed by atoms with Gasteiger partial charge in [0.15, 0.2) is 5.13 Å². The van der Waals surface area contributed by atoms with Crippen LogP contribution in [-0.2, 0) is 8.85 Å². The Morgan fingerprint density at radius 3 is 1.59 bits per heavy atom.